The molecule has 0 aliphatic carbocycles. The van der Waals surface area contributed by atoms with Crippen molar-refractivity contribution in [2.24, 2.45) is 0 Å². The molecule has 0 spiro atoms. The Morgan fingerprint density at radius 3 is 1.45 bits per heavy atom. The van der Waals surface area contributed by atoms with Crippen LogP contribution in [0.5, 0.6) is 0 Å². The van der Waals surface area contributed by atoms with Crippen LogP contribution in [0.15, 0.2) is 66.7 Å². The van der Waals surface area contributed by atoms with E-state index >= 15 is 0 Å². The van der Waals surface area contributed by atoms with Crippen molar-refractivity contribution in [2.75, 3.05) is 10.6 Å². The first-order valence-corrected chi connectivity index (χ1v) is 9.14. The van der Waals surface area contributed by atoms with Gasteiger partial charge < -0.3 is 15.7 Å². The molecule has 3 aromatic carbocycles. The van der Waals surface area contributed by atoms with Gasteiger partial charge in [0.05, 0.1) is 15.4 Å². The van der Waals surface area contributed by atoms with E-state index in [-0.39, 0.29) is 16.9 Å². The van der Waals surface area contributed by atoms with E-state index in [4.69, 9.17) is 0 Å². The van der Waals surface area contributed by atoms with Crippen LogP contribution in [0.2, 0.25) is 0 Å². The molecule has 0 aliphatic heterocycles. The van der Waals surface area contributed by atoms with Gasteiger partial charge in [-0.1, -0.05) is 24.3 Å². The van der Waals surface area contributed by atoms with E-state index in [1.807, 2.05) is 0 Å². The first-order valence-electron chi connectivity index (χ1n) is 9.14. The first kappa shape index (κ1) is 21.2. The zero-order valence-electron chi connectivity index (χ0n) is 16.1. The molecule has 0 heterocycles. The fourth-order valence-electron chi connectivity index (χ4n) is 2.83. The third-order valence-corrected chi connectivity index (χ3v) is 4.47. The minimum absolute atomic E-state index is 0.00523. The summed E-state index contributed by atoms with van der Waals surface area (Å²) < 4.78 is 0. The molecule has 0 fully saturated rings. The molecule has 3 aromatic rings. The van der Waals surface area contributed by atoms with Crippen LogP contribution >= 0.6 is 0 Å². The zero-order valence-corrected chi connectivity index (χ0v) is 16.1. The van der Waals surface area contributed by atoms with Gasteiger partial charge in [0, 0.05) is 48.7 Å². The number of nitro benzene ring substituents is 2. The molecule has 0 saturated carbocycles. The predicted octanol–water partition coefficient (Wildman–Crippen LogP) is 4.43. The van der Waals surface area contributed by atoms with Crippen molar-refractivity contribution < 1.29 is 19.7 Å². The molecule has 31 heavy (non-hydrogen) atoms. The second-order valence-electron chi connectivity index (χ2n) is 6.66. The SMILES string of the molecule is O=C(O)c1cc(NCc2ccc([N+](=O)[O-])cc2)cc(NCc2ccc([N+](=O)[O-])cc2)c1. The lowest BCUT2D eigenvalue weighted by atomic mass is 10.1. The van der Waals surface area contributed by atoms with Crippen LogP contribution in [0.1, 0.15) is 21.5 Å². The Morgan fingerprint density at radius 2 is 1.13 bits per heavy atom. The highest BCUT2D eigenvalue weighted by Crippen LogP contribution is 2.22. The maximum Gasteiger partial charge on any atom is 0.335 e. The average Bonchev–Trinajstić information content (AvgIpc) is 2.76. The molecule has 0 amide bonds. The summed E-state index contributed by atoms with van der Waals surface area (Å²) in [6.45, 7) is 0.700. The molecule has 10 heteroatoms. The van der Waals surface area contributed by atoms with Crippen LogP contribution in [0.3, 0.4) is 0 Å². The van der Waals surface area contributed by atoms with Crippen molar-refractivity contribution in [3.63, 3.8) is 0 Å². The fourth-order valence-corrected chi connectivity index (χ4v) is 2.83. The lowest BCUT2D eigenvalue weighted by Crippen LogP contribution is -2.06. The maximum absolute atomic E-state index is 11.5. The summed E-state index contributed by atoms with van der Waals surface area (Å²) in [5.41, 5.74) is 2.79. The predicted molar refractivity (Wildman–Crippen MR) is 114 cm³/mol. The van der Waals surface area contributed by atoms with Gasteiger partial charge in [-0.3, -0.25) is 20.2 Å². The van der Waals surface area contributed by atoms with E-state index in [1.165, 1.54) is 36.4 Å². The van der Waals surface area contributed by atoms with Gasteiger partial charge in [-0.15, -0.1) is 0 Å². The number of non-ortho nitro benzene ring substituents is 2. The number of carboxylic acids is 1. The number of aromatic carboxylic acids is 1. The lowest BCUT2D eigenvalue weighted by Gasteiger charge is -2.12. The number of carbonyl (C=O) groups is 1. The Kier molecular flexibility index (Phi) is 6.41. The number of anilines is 2. The third-order valence-electron chi connectivity index (χ3n) is 4.47. The molecule has 0 unspecified atom stereocenters. The lowest BCUT2D eigenvalue weighted by molar-refractivity contribution is -0.385. The van der Waals surface area contributed by atoms with Gasteiger partial charge in [0.1, 0.15) is 0 Å². The summed E-state index contributed by atoms with van der Waals surface area (Å²) in [5.74, 6) is -1.09. The second-order valence-corrected chi connectivity index (χ2v) is 6.66. The van der Waals surface area contributed by atoms with E-state index in [1.54, 1.807) is 30.3 Å². The molecular weight excluding hydrogens is 404 g/mol. The Balaban J connectivity index is 1.70. The molecule has 158 valence electrons. The molecule has 0 atom stereocenters. The van der Waals surface area contributed by atoms with Gasteiger partial charge in [0.2, 0.25) is 0 Å². The highest BCUT2D eigenvalue weighted by Gasteiger charge is 2.09. The number of nitro groups is 2. The van der Waals surface area contributed by atoms with E-state index < -0.39 is 15.8 Å². The molecule has 0 aromatic heterocycles. The number of nitrogens with one attached hydrogen (secondary N) is 2. The molecule has 0 saturated heterocycles. The van der Waals surface area contributed by atoms with Crippen LogP contribution in [-0.4, -0.2) is 20.9 Å². The number of benzene rings is 3. The Hall–Kier alpha value is -4.47. The number of hydrogen-bond acceptors (Lipinski definition) is 7. The number of nitrogens with zero attached hydrogens (tertiary/aromatic N) is 2. The first-order chi connectivity index (χ1) is 14.8. The van der Waals surface area contributed by atoms with E-state index in [0.717, 1.165) is 11.1 Å². The topological polar surface area (TPSA) is 148 Å². The Bertz CT molecular complexity index is 1030. The summed E-state index contributed by atoms with van der Waals surface area (Å²) in [5, 5.41) is 37.1. The molecule has 0 bridgehead atoms. The fraction of sp³-hybridized carbons (Fsp3) is 0.0952. The highest BCUT2D eigenvalue weighted by molar-refractivity contribution is 5.90. The Morgan fingerprint density at radius 1 is 0.742 bits per heavy atom. The van der Waals surface area contributed by atoms with Crippen molar-refractivity contribution in [3.05, 3.63) is 104 Å². The molecule has 3 N–H and O–H groups in total. The molecule has 10 nitrogen and oxygen atoms in total. The smallest absolute Gasteiger partial charge is 0.335 e. The van der Waals surface area contributed by atoms with Crippen molar-refractivity contribution in [1.29, 1.82) is 0 Å². The minimum atomic E-state index is -1.09. The Labute approximate surface area is 176 Å². The molecule has 0 radical (unpaired) electrons. The van der Waals surface area contributed by atoms with Crippen LogP contribution in [0, 0.1) is 20.2 Å². The van der Waals surface area contributed by atoms with Crippen molar-refractivity contribution in [2.45, 2.75) is 13.1 Å². The molecule has 3 rings (SSSR count). The van der Waals surface area contributed by atoms with Gasteiger partial charge >= 0.3 is 5.97 Å². The van der Waals surface area contributed by atoms with Gasteiger partial charge in [-0.25, -0.2) is 4.79 Å². The van der Waals surface area contributed by atoms with Crippen LogP contribution in [0.25, 0.3) is 0 Å². The minimum Gasteiger partial charge on any atom is -0.478 e. The van der Waals surface area contributed by atoms with E-state index in [2.05, 4.69) is 10.6 Å². The standard InChI is InChI=1S/C21H18N4O6/c26-21(27)16-9-17(22-12-14-1-5-19(6-2-14)24(28)29)11-18(10-16)23-13-15-3-7-20(8-4-15)25(30)31/h1-11,22-23H,12-13H2,(H,26,27). The van der Waals surface area contributed by atoms with Gasteiger partial charge in [0.25, 0.3) is 11.4 Å². The van der Waals surface area contributed by atoms with Crippen LogP contribution in [0.4, 0.5) is 22.7 Å². The van der Waals surface area contributed by atoms with Crippen LogP contribution < -0.4 is 10.6 Å². The summed E-state index contributed by atoms with van der Waals surface area (Å²) in [6, 6.07) is 16.8. The largest absolute Gasteiger partial charge is 0.478 e. The third kappa shape index (κ3) is 5.76. The average molecular weight is 422 g/mol. The summed E-state index contributed by atoms with van der Waals surface area (Å²) in [4.78, 5) is 32.0. The number of hydrogen-bond donors (Lipinski definition) is 3. The van der Waals surface area contributed by atoms with Crippen LogP contribution in [-0.2, 0) is 13.1 Å². The van der Waals surface area contributed by atoms with Crippen molar-refractivity contribution in [1.82, 2.24) is 0 Å². The summed E-state index contributed by atoms with van der Waals surface area (Å²) in [7, 11) is 0. The highest BCUT2D eigenvalue weighted by atomic mass is 16.6. The quantitative estimate of drug-likeness (QED) is 0.339. The number of carboxylic acid groups (broad SMARTS) is 1. The number of rotatable bonds is 9. The molecule has 0 aliphatic rings. The summed E-state index contributed by atoms with van der Waals surface area (Å²) in [6.07, 6.45) is 0. The van der Waals surface area contributed by atoms with Gasteiger partial charge in [0.15, 0.2) is 0 Å². The van der Waals surface area contributed by atoms with Crippen molar-refractivity contribution in [3.8, 4) is 0 Å². The maximum atomic E-state index is 11.5. The normalized spacial score (nSPS) is 10.3. The second kappa shape index (κ2) is 9.35. The van der Waals surface area contributed by atoms with E-state index in [9.17, 15) is 30.1 Å². The summed E-state index contributed by atoms with van der Waals surface area (Å²) >= 11 is 0. The molecular formula is C21H18N4O6. The zero-order chi connectivity index (χ0) is 22.4. The van der Waals surface area contributed by atoms with E-state index in [0.29, 0.717) is 24.5 Å². The van der Waals surface area contributed by atoms with Gasteiger partial charge in [-0.05, 0) is 29.3 Å². The monoisotopic (exact) mass is 422 g/mol. The van der Waals surface area contributed by atoms with Crippen molar-refractivity contribution >= 4 is 28.7 Å². The van der Waals surface area contributed by atoms with Gasteiger partial charge in [-0.2, -0.15) is 0 Å².